The van der Waals surface area contributed by atoms with Crippen LogP contribution in [0, 0.1) is 0 Å². The Labute approximate surface area is 114 Å². The molecular weight excluding hydrogens is 285 g/mol. The highest BCUT2D eigenvalue weighted by molar-refractivity contribution is 5.85. The van der Waals surface area contributed by atoms with E-state index in [-0.39, 0.29) is 24.3 Å². The number of piperazine rings is 1. The fraction of sp³-hybridized carbons (Fsp3) is 0.800. The summed E-state index contributed by atoms with van der Waals surface area (Å²) in [6.07, 6.45) is -4.36. The molecule has 1 aromatic rings. The molecule has 1 saturated heterocycles. The lowest BCUT2D eigenvalue weighted by molar-refractivity contribution is -0.151. The smallest absolute Gasteiger partial charge is 0.339 e. The minimum atomic E-state index is -4.36. The van der Waals surface area contributed by atoms with Crippen LogP contribution >= 0.6 is 12.4 Å². The van der Waals surface area contributed by atoms with E-state index in [0.717, 1.165) is 20.0 Å². The van der Waals surface area contributed by atoms with Gasteiger partial charge < -0.3 is 9.84 Å². The Hall–Kier alpha value is -0.860. The fourth-order valence-electron chi connectivity index (χ4n) is 1.79. The Morgan fingerprint density at radius 3 is 2.74 bits per heavy atom. The van der Waals surface area contributed by atoms with Crippen molar-refractivity contribution in [1.82, 2.24) is 20.4 Å². The lowest BCUT2D eigenvalue weighted by atomic mass is 10.1. The molecule has 1 aliphatic heterocycles. The van der Waals surface area contributed by atoms with Crippen LogP contribution in [0.2, 0.25) is 0 Å². The second-order valence-corrected chi connectivity index (χ2v) is 4.45. The number of alkyl halides is 3. The number of rotatable bonds is 2. The highest BCUT2D eigenvalue weighted by atomic mass is 35.5. The number of nitrogens with zero attached hydrogens (tertiary/aromatic N) is 3. The van der Waals surface area contributed by atoms with Gasteiger partial charge in [-0.1, -0.05) is 5.16 Å². The molecule has 0 radical (unpaired) electrons. The highest BCUT2D eigenvalue weighted by Crippen LogP contribution is 2.33. The lowest BCUT2D eigenvalue weighted by Gasteiger charge is -2.30. The van der Waals surface area contributed by atoms with E-state index in [1.165, 1.54) is 0 Å². The van der Waals surface area contributed by atoms with Crippen molar-refractivity contribution in [1.29, 1.82) is 0 Å². The molecule has 2 heterocycles. The summed E-state index contributed by atoms with van der Waals surface area (Å²) in [6, 6.07) is -0.142. The van der Waals surface area contributed by atoms with Crippen molar-refractivity contribution in [3.63, 3.8) is 0 Å². The summed E-state index contributed by atoms with van der Waals surface area (Å²) in [7, 11) is 1.88. The quantitative estimate of drug-likeness (QED) is 0.901. The molecule has 9 heteroatoms. The van der Waals surface area contributed by atoms with Gasteiger partial charge in [-0.25, -0.2) is 0 Å². The summed E-state index contributed by atoms with van der Waals surface area (Å²) in [6.45, 7) is 3.26. The molecule has 5 nitrogen and oxygen atoms in total. The van der Waals surface area contributed by atoms with Gasteiger partial charge >= 0.3 is 6.18 Å². The van der Waals surface area contributed by atoms with Gasteiger partial charge in [0.25, 0.3) is 0 Å². The van der Waals surface area contributed by atoms with Crippen molar-refractivity contribution >= 4 is 12.4 Å². The van der Waals surface area contributed by atoms with Crippen molar-refractivity contribution in [3.05, 3.63) is 11.7 Å². The fourth-order valence-corrected chi connectivity index (χ4v) is 1.79. The van der Waals surface area contributed by atoms with E-state index in [2.05, 4.69) is 15.5 Å². The summed E-state index contributed by atoms with van der Waals surface area (Å²) in [5.74, 6) is -1.81. The zero-order chi connectivity index (χ0) is 13.3. The first-order valence-electron chi connectivity index (χ1n) is 5.70. The summed E-state index contributed by atoms with van der Waals surface area (Å²) in [5, 5.41) is 6.80. The summed E-state index contributed by atoms with van der Waals surface area (Å²) < 4.78 is 42.3. The van der Waals surface area contributed by atoms with Gasteiger partial charge in [-0.3, -0.25) is 4.90 Å². The van der Waals surface area contributed by atoms with Crippen molar-refractivity contribution in [3.8, 4) is 0 Å². The third-order valence-corrected chi connectivity index (χ3v) is 3.13. The molecule has 19 heavy (non-hydrogen) atoms. The molecule has 2 unspecified atom stereocenters. The molecule has 1 aliphatic rings. The SMILES string of the molecule is CC(c1nc(C2CNCCN2C)no1)C(F)(F)F.Cl. The van der Waals surface area contributed by atoms with Gasteiger partial charge in [0.05, 0.1) is 6.04 Å². The van der Waals surface area contributed by atoms with Crippen molar-refractivity contribution in [2.24, 2.45) is 0 Å². The standard InChI is InChI=1S/C10H15F3N4O.ClH/c1-6(10(11,12)13)9-15-8(16-18-9)7-5-14-3-4-17(7)2;/h6-7,14H,3-5H2,1-2H3;1H. The molecule has 110 valence electrons. The monoisotopic (exact) mass is 300 g/mol. The second-order valence-electron chi connectivity index (χ2n) is 4.45. The Balaban J connectivity index is 0.00000180. The molecule has 0 aromatic carbocycles. The Bertz CT molecular complexity index is 412. The van der Waals surface area contributed by atoms with Gasteiger partial charge in [0, 0.05) is 19.6 Å². The summed E-state index contributed by atoms with van der Waals surface area (Å²) in [4.78, 5) is 5.86. The number of halogens is 4. The largest absolute Gasteiger partial charge is 0.400 e. The van der Waals surface area contributed by atoms with Crippen LogP contribution in [-0.2, 0) is 0 Å². The van der Waals surface area contributed by atoms with E-state index < -0.39 is 12.1 Å². The number of aromatic nitrogens is 2. The first-order valence-corrected chi connectivity index (χ1v) is 5.70. The molecule has 1 N–H and O–H groups in total. The molecule has 0 bridgehead atoms. The maximum Gasteiger partial charge on any atom is 0.400 e. The van der Waals surface area contributed by atoms with Crippen LogP contribution in [-0.4, -0.2) is 47.9 Å². The Morgan fingerprint density at radius 2 is 2.16 bits per heavy atom. The Morgan fingerprint density at radius 1 is 1.47 bits per heavy atom. The molecule has 0 saturated carbocycles. The molecule has 0 amide bonds. The van der Waals surface area contributed by atoms with Crippen LogP contribution in [0.1, 0.15) is 30.6 Å². The molecule has 2 atom stereocenters. The van der Waals surface area contributed by atoms with Gasteiger partial charge in [0.1, 0.15) is 5.92 Å². The number of likely N-dealkylation sites (N-methyl/N-ethyl adjacent to an activating group) is 1. The zero-order valence-corrected chi connectivity index (χ0v) is 11.4. The van der Waals surface area contributed by atoms with Crippen LogP contribution in [0.15, 0.2) is 4.52 Å². The zero-order valence-electron chi connectivity index (χ0n) is 10.6. The van der Waals surface area contributed by atoms with E-state index in [9.17, 15) is 13.2 Å². The van der Waals surface area contributed by atoms with E-state index >= 15 is 0 Å². The first-order chi connectivity index (χ1) is 8.39. The van der Waals surface area contributed by atoms with Crippen molar-refractivity contribution in [2.45, 2.75) is 25.1 Å². The number of hydrogen-bond acceptors (Lipinski definition) is 5. The van der Waals surface area contributed by atoms with Gasteiger partial charge in [-0.15, -0.1) is 12.4 Å². The van der Waals surface area contributed by atoms with Crippen LogP contribution in [0.4, 0.5) is 13.2 Å². The maximum atomic E-state index is 12.5. The molecule has 1 fully saturated rings. The number of nitrogens with one attached hydrogen (secondary N) is 1. The molecule has 1 aromatic heterocycles. The highest BCUT2D eigenvalue weighted by Gasteiger charge is 2.41. The summed E-state index contributed by atoms with van der Waals surface area (Å²) in [5.41, 5.74) is 0. The third-order valence-electron chi connectivity index (χ3n) is 3.13. The average Bonchev–Trinajstić information content (AvgIpc) is 2.76. The van der Waals surface area contributed by atoms with Crippen LogP contribution in [0.5, 0.6) is 0 Å². The minimum absolute atomic E-state index is 0. The van der Waals surface area contributed by atoms with Crippen LogP contribution in [0.3, 0.4) is 0 Å². The van der Waals surface area contributed by atoms with Crippen LogP contribution in [0.25, 0.3) is 0 Å². The topological polar surface area (TPSA) is 54.2 Å². The minimum Gasteiger partial charge on any atom is -0.339 e. The van der Waals surface area contributed by atoms with Crippen molar-refractivity contribution < 1.29 is 17.7 Å². The third kappa shape index (κ3) is 3.58. The lowest BCUT2D eigenvalue weighted by Crippen LogP contribution is -2.44. The predicted octanol–water partition coefficient (Wildman–Crippen LogP) is 1.73. The normalized spacial score (nSPS) is 22.9. The first kappa shape index (κ1) is 16.2. The predicted molar refractivity (Wildman–Crippen MR) is 64.3 cm³/mol. The molecule has 2 rings (SSSR count). The molecular formula is C10H16ClF3N4O. The van der Waals surface area contributed by atoms with Gasteiger partial charge in [-0.2, -0.15) is 18.2 Å². The van der Waals surface area contributed by atoms with E-state index in [1.54, 1.807) is 0 Å². The molecule has 0 spiro atoms. The van der Waals surface area contributed by atoms with Gasteiger partial charge in [0.15, 0.2) is 5.82 Å². The van der Waals surface area contributed by atoms with Crippen molar-refractivity contribution in [2.75, 3.05) is 26.7 Å². The van der Waals surface area contributed by atoms with Crippen LogP contribution < -0.4 is 5.32 Å². The summed E-state index contributed by atoms with van der Waals surface area (Å²) >= 11 is 0. The van der Waals surface area contributed by atoms with E-state index in [4.69, 9.17) is 4.52 Å². The van der Waals surface area contributed by atoms with Gasteiger partial charge in [0.2, 0.25) is 5.89 Å². The second kappa shape index (κ2) is 6.06. The van der Waals surface area contributed by atoms with E-state index in [1.807, 2.05) is 11.9 Å². The molecule has 0 aliphatic carbocycles. The average molecular weight is 301 g/mol. The maximum absolute atomic E-state index is 12.5. The van der Waals surface area contributed by atoms with Gasteiger partial charge in [-0.05, 0) is 14.0 Å². The number of hydrogen-bond donors (Lipinski definition) is 1. The van der Waals surface area contributed by atoms with E-state index in [0.29, 0.717) is 12.4 Å². The Kier molecular flexibility index (Phi) is 5.17.